The number of aryl methyl sites for hydroxylation is 1. The molecule has 0 radical (unpaired) electrons. The molecule has 4 rings (SSSR count). The van der Waals surface area contributed by atoms with Gasteiger partial charge in [-0.3, -0.25) is 0 Å². The van der Waals surface area contributed by atoms with Crippen molar-refractivity contribution < 1.29 is 4.74 Å². The highest BCUT2D eigenvalue weighted by Gasteiger charge is 2.10. The van der Waals surface area contributed by atoms with Crippen molar-refractivity contribution in [3.8, 4) is 16.9 Å². The zero-order valence-corrected chi connectivity index (χ0v) is 14.2. The predicted octanol–water partition coefficient (Wildman–Crippen LogP) is 3.86. The first-order valence-electron chi connectivity index (χ1n) is 8.11. The second kappa shape index (κ2) is 6.36. The molecule has 0 saturated heterocycles. The summed E-state index contributed by atoms with van der Waals surface area (Å²) in [7, 11) is 1.70. The summed E-state index contributed by atoms with van der Waals surface area (Å²) >= 11 is 0. The first-order valence-corrected chi connectivity index (χ1v) is 8.11. The van der Waals surface area contributed by atoms with Crippen molar-refractivity contribution in [3.63, 3.8) is 0 Å². The molecule has 5 heteroatoms. The van der Waals surface area contributed by atoms with Gasteiger partial charge in [0.2, 0.25) is 0 Å². The third-order valence-electron chi connectivity index (χ3n) is 4.38. The second-order valence-corrected chi connectivity index (χ2v) is 5.90. The Morgan fingerprint density at radius 2 is 1.92 bits per heavy atom. The summed E-state index contributed by atoms with van der Waals surface area (Å²) in [6.45, 7) is 2.63. The molecule has 25 heavy (non-hydrogen) atoms. The van der Waals surface area contributed by atoms with Crippen LogP contribution in [0, 0.1) is 6.92 Å². The van der Waals surface area contributed by atoms with E-state index in [-0.39, 0.29) is 0 Å². The van der Waals surface area contributed by atoms with Crippen LogP contribution in [0.2, 0.25) is 0 Å². The summed E-state index contributed by atoms with van der Waals surface area (Å²) in [4.78, 5) is 4.25. The highest BCUT2D eigenvalue weighted by Crippen LogP contribution is 2.34. The molecule has 2 heterocycles. The van der Waals surface area contributed by atoms with E-state index in [1.165, 1.54) is 0 Å². The Balaban J connectivity index is 1.79. The highest BCUT2D eigenvalue weighted by atomic mass is 16.5. The summed E-state index contributed by atoms with van der Waals surface area (Å²) in [6.07, 6.45) is 5.55. The molecule has 0 unspecified atom stereocenters. The van der Waals surface area contributed by atoms with Crippen LogP contribution in [-0.2, 0) is 6.54 Å². The maximum atomic E-state index is 5.49. The monoisotopic (exact) mass is 330 g/mol. The van der Waals surface area contributed by atoms with E-state index in [0.29, 0.717) is 6.54 Å². The van der Waals surface area contributed by atoms with Gasteiger partial charge in [0.05, 0.1) is 25.5 Å². The molecule has 0 aliphatic carbocycles. The lowest BCUT2D eigenvalue weighted by atomic mass is 9.98. The van der Waals surface area contributed by atoms with Gasteiger partial charge in [0, 0.05) is 23.3 Å². The van der Waals surface area contributed by atoms with E-state index >= 15 is 0 Å². The number of aromatic nitrogens is 4. The van der Waals surface area contributed by atoms with Crippen molar-refractivity contribution in [2.75, 3.05) is 7.11 Å². The Labute approximate surface area is 145 Å². The summed E-state index contributed by atoms with van der Waals surface area (Å²) in [5.74, 6) is 1.83. The van der Waals surface area contributed by atoms with Crippen molar-refractivity contribution in [1.29, 1.82) is 0 Å². The maximum absolute atomic E-state index is 5.49. The molecule has 0 atom stereocenters. The molecule has 5 nitrogen and oxygen atoms in total. The Bertz CT molecular complexity index is 1040. The molecule has 0 fully saturated rings. The number of fused-ring (bicyclic) bond motifs is 1. The third kappa shape index (κ3) is 2.85. The van der Waals surface area contributed by atoms with Gasteiger partial charge in [0.15, 0.2) is 0 Å². The lowest BCUT2D eigenvalue weighted by Gasteiger charge is -2.11. The van der Waals surface area contributed by atoms with Crippen LogP contribution in [-0.4, -0.2) is 26.9 Å². The number of nitrogens with zero attached hydrogens (tertiary/aromatic N) is 4. The van der Waals surface area contributed by atoms with Gasteiger partial charge in [-0.05, 0) is 36.1 Å². The van der Waals surface area contributed by atoms with Gasteiger partial charge in [0.1, 0.15) is 11.6 Å². The lowest BCUT2D eigenvalue weighted by molar-refractivity contribution is 0.420. The van der Waals surface area contributed by atoms with Gasteiger partial charge in [-0.2, -0.15) is 10.2 Å². The predicted molar refractivity (Wildman–Crippen MR) is 97.6 cm³/mol. The van der Waals surface area contributed by atoms with Crippen molar-refractivity contribution in [2.24, 2.45) is 0 Å². The van der Waals surface area contributed by atoms with Gasteiger partial charge in [-0.1, -0.05) is 24.3 Å². The maximum Gasteiger partial charge on any atom is 0.126 e. The average molecular weight is 330 g/mol. The smallest absolute Gasteiger partial charge is 0.126 e. The van der Waals surface area contributed by atoms with E-state index in [0.717, 1.165) is 39.2 Å². The van der Waals surface area contributed by atoms with E-state index in [9.17, 15) is 0 Å². The van der Waals surface area contributed by atoms with E-state index in [1.807, 2.05) is 31.3 Å². The number of hydrogen-bond acceptors (Lipinski definition) is 4. The Hall–Kier alpha value is -3.21. The van der Waals surface area contributed by atoms with Crippen LogP contribution < -0.4 is 4.74 Å². The standard InChI is InChI=1S/C20H18N4O/c1-14-21-9-10-24(14)13-16-11-15(12-22-23-16)17-7-8-20(25-2)19-6-4-3-5-18(17)19/h3-12H,13H2,1-2H3. The van der Waals surface area contributed by atoms with Crippen LogP contribution in [0.25, 0.3) is 21.9 Å². The third-order valence-corrected chi connectivity index (χ3v) is 4.38. The zero-order chi connectivity index (χ0) is 17.2. The summed E-state index contributed by atoms with van der Waals surface area (Å²) < 4.78 is 7.54. The van der Waals surface area contributed by atoms with E-state index in [1.54, 1.807) is 19.5 Å². The van der Waals surface area contributed by atoms with Gasteiger partial charge in [-0.25, -0.2) is 4.98 Å². The number of imidazole rings is 1. The fourth-order valence-electron chi connectivity index (χ4n) is 3.08. The number of benzene rings is 2. The normalized spacial score (nSPS) is 11.0. The number of methoxy groups -OCH3 is 1. The summed E-state index contributed by atoms with van der Waals surface area (Å²) in [6, 6.07) is 14.4. The van der Waals surface area contributed by atoms with Crippen LogP contribution in [0.3, 0.4) is 0 Å². The van der Waals surface area contributed by atoms with Gasteiger partial charge in [0.25, 0.3) is 0 Å². The minimum atomic E-state index is 0.654. The van der Waals surface area contributed by atoms with Gasteiger partial charge < -0.3 is 9.30 Å². The Morgan fingerprint density at radius 3 is 2.68 bits per heavy atom. The molecule has 4 aromatic rings. The quantitative estimate of drug-likeness (QED) is 0.570. The lowest BCUT2D eigenvalue weighted by Crippen LogP contribution is -2.04. The van der Waals surface area contributed by atoms with Crippen LogP contribution in [0.5, 0.6) is 5.75 Å². The van der Waals surface area contributed by atoms with Crippen molar-refractivity contribution in [1.82, 2.24) is 19.7 Å². The fraction of sp³-hybridized carbons (Fsp3) is 0.150. The largest absolute Gasteiger partial charge is 0.496 e. The fourth-order valence-corrected chi connectivity index (χ4v) is 3.08. The molecular formula is C20H18N4O. The summed E-state index contributed by atoms with van der Waals surface area (Å²) in [5.41, 5.74) is 3.06. The molecule has 2 aromatic carbocycles. The molecular weight excluding hydrogens is 312 g/mol. The topological polar surface area (TPSA) is 52.8 Å². The second-order valence-electron chi connectivity index (χ2n) is 5.90. The molecule has 0 saturated carbocycles. The first kappa shape index (κ1) is 15.3. The highest BCUT2D eigenvalue weighted by molar-refractivity contribution is 6.00. The number of hydrogen-bond donors (Lipinski definition) is 0. The Morgan fingerprint density at radius 1 is 1.08 bits per heavy atom. The number of ether oxygens (including phenoxy) is 1. The van der Waals surface area contributed by atoms with Crippen LogP contribution >= 0.6 is 0 Å². The van der Waals surface area contributed by atoms with E-state index in [4.69, 9.17) is 4.74 Å². The van der Waals surface area contributed by atoms with Gasteiger partial charge >= 0.3 is 0 Å². The average Bonchev–Trinajstić information content (AvgIpc) is 3.05. The molecule has 0 aliphatic heterocycles. The molecule has 124 valence electrons. The van der Waals surface area contributed by atoms with Crippen LogP contribution in [0.4, 0.5) is 0 Å². The summed E-state index contributed by atoms with van der Waals surface area (Å²) in [5, 5.41) is 10.7. The van der Waals surface area contributed by atoms with Crippen LogP contribution in [0.15, 0.2) is 61.1 Å². The molecule has 0 N–H and O–H groups in total. The first-order chi connectivity index (χ1) is 12.3. The molecule has 0 amide bonds. The zero-order valence-electron chi connectivity index (χ0n) is 14.2. The molecule has 0 spiro atoms. The van der Waals surface area contributed by atoms with E-state index in [2.05, 4.69) is 44.0 Å². The molecule has 0 bridgehead atoms. The minimum Gasteiger partial charge on any atom is -0.496 e. The minimum absolute atomic E-state index is 0.654. The van der Waals surface area contributed by atoms with Crippen molar-refractivity contribution in [2.45, 2.75) is 13.5 Å². The molecule has 0 aliphatic rings. The van der Waals surface area contributed by atoms with Crippen LogP contribution in [0.1, 0.15) is 11.5 Å². The number of rotatable bonds is 4. The Kier molecular flexibility index (Phi) is 3.90. The van der Waals surface area contributed by atoms with Crippen molar-refractivity contribution in [3.05, 3.63) is 72.6 Å². The van der Waals surface area contributed by atoms with Crippen molar-refractivity contribution >= 4 is 10.8 Å². The van der Waals surface area contributed by atoms with Gasteiger partial charge in [-0.15, -0.1) is 0 Å². The molecule has 2 aromatic heterocycles. The SMILES string of the molecule is COc1ccc(-c2cnnc(Cn3ccnc3C)c2)c2ccccc12. The van der Waals surface area contributed by atoms with E-state index < -0.39 is 0 Å².